The lowest BCUT2D eigenvalue weighted by molar-refractivity contribution is -0.125. The van der Waals surface area contributed by atoms with Crippen molar-refractivity contribution in [3.05, 3.63) is 35.4 Å². The summed E-state index contributed by atoms with van der Waals surface area (Å²) in [5.41, 5.74) is 1.95. The van der Waals surface area contributed by atoms with E-state index in [1.54, 1.807) is 4.90 Å². The van der Waals surface area contributed by atoms with Crippen LogP contribution in [0.4, 0.5) is 0 Å². The molecular formula is C22H32N2O2. The molecule has 0 bridgehead atoms. The fourth-order valence-electron chi connectivity index (χ4n) is 4.11. The Kier molecular flexibility index (Phi) is 5.69. The second-order valence-corrected chi connectivity index (χ2v) is 8.83. The maximum atomic E-state index is 13.0. The smallest absolute Gasteiger partial charge is 0.254 e. The van der Waals surface area contributed by atoms with Crippen LogP contribution < -0.4 is 5.32 Å². The summed E-state index contributed by atoms with van der Waals surface area (Å²) in [6, 6.07) is 7.83. The molecule has 0 radical (unpaired) electrons. The molecule has 142 valence electrons. The molecule has 1 heterocycles. The fraction of sp³-hybridized carbons (Fsp3) is 0.636. The number of carbonyl (C=O) groups is 2. The van der Waals surface area contributed by atoms with Crippen molar-refractivity contribution in [2.45, 2.75) is 83.2 Å². The highest BCUT2D eigenvalue weighted by Gasteiger charge is 2.35. The molecule has 0 unspecified atom stereocenters. The second-order valence-electron chi connectivity index (χ2n) is 8.83. The number of benzene rings is 1. The van der Waals surface area contributed by atoms with Crippen LogP contribution in [0.3, 0.4) is 0 Å². The Hall–Kier alpha value is -1.84. The third kappa shape index (κ3) is 4.28. The minimum Gasteiger partial charge on any atom is -0.352 e. The molecule has 4 nitrogen and oxygen atoms in total. The van der Waals surface area contributed by atoms with Crippen LogP contribution in [0.2, 0.25) is 0 Å². The highest BCUT2D eigenvalue weighted by Crippen LogP contribution is 2.25. The van der Waals surface area contributed by atoms with Gasteiger partial charge in [0.25, 0.3) is 5.91 Å². The molecule has 1 aliphatic heterocycles. The molecule has 3 rings (SSSR count). The molecule has 2 fully saturated rings. The Morgan fingerprint density at radius 1 is 0.962 bits per heavy atom. The first kappa shape index (κ1) is 18.9. The van der Waals surface area contributed by atoms with Crippen LogP contribution >= 0.6 is 0 Å². The van der Waals surface area contributed by atoms with Gasteiger partial charge in [0.1, 0.15) is 6.04 Å². The SMILES string of the molecule is CC(C)(C)c1ccc(C(=O)N2CCC[C@H]2C(=O)NC2CCCCC2)cc1. The Balaban J connectivity index is 1.66. The van der Waals surface area contributed by atoms with Gasteiger partial charge in [-0.3, -0.25) is 9.59 Å². The van der Waals surface area contributed by atoms with Gasteiger partial charge in [0.2, 0.25) is 5.91 Å². The van der Waals surface area contributed by atoms with E-state index in [0.717, 1.165) is 25.7 Å². The van der Waals surface area contributed by atoms with Crippen LogP contribution in [-0.2, 0) is 10.2 Å². The van der Waals surface area contributed by atoms with Gasteiger partial charge < -0.3 is 10.2 Å². The Morgan fingerprint density at radius 2 is 1.62 bits per heavy atom. The van der Waals surface area contributed by atoms with Crippen molar-refractivity contribution in [3.8, 4) is 0 Å². The molecule has 4 heteroatoms. The van der Waals surface area contributed by atoms with Crippen molar-refractivity contribution >= 4 is 11.8 Å². The molecule has 1 N–H and O–H groups in total. The van der Waals surface area contributed by atoms with Crippen molar-refractivity contribution in [3.63, 3.8) is 0 Å². The summed E-state index contributed by atoms with van der Waals surface area (Å²) in [4.78, 5) is 27.5. The molecule has 2 aliphatic rings. The van der Waals surface area contributed by atoms with Crippen LogP contribution in [0.5, 0.6) is 0 Å². The normalized spacial score (nSPS) is 21.7. The Bertz CT molecular complexity index is 639. The molecule has 1 aliphatic carbocycles. The van der Waals surface area contributed by atoms with Crippen LogP contribution in [0.1, 0.15) is 81.6 Å². The highest BCUT2D eigenvalue weighted by atomic mass is 16.2. The molecule has 0 aromatic heterocycles. The number of nitrogens with one attached hydrogen (secondary N) is 1. The van der Waals surface area contributed by atoms with Crippen molar-refractivity contribution < 1.29 is 9.59 Å². The van der Waals surface area contributed by atoms with Gasteiger partial charge in [-0.2, -0.15) is 0 Å². The lowest BCUT2D eigenvalue weighted by atomic mass is 9.86. The van der Waals surface area contributed by atoms with Crippen molar-refractivity contribution in [2.24, 2.45) is 0 Å². The van der Waals surface area contributed by atoms with Gasteiger partial charge in [-0.05, 0) is 48.8 Å². The van der Waals surface area contributed by atoms with Crippen molar-refractivity contribution in [1.82, 2.24) is 10.2 Å². The summed E-state index contributed by atoms with van der Waals surface area (Å²) < 4.78 is 0. The molecule has 1 aromatic carbocycles. The first-order valence-corrected chi connectivity index (χ1v) is 10.1. The van der Waals surface area contributed by atoms with E-state index in [-0.39, 0.29) is 23.3 Å². The van der Waals surface area contributed by atoms with Crippen LogP contribution in [0, 0.1) is 0 Å². The number of hydrogen-bond acceptors (Lipinski definition) is 2. The summed E-state index contributed by atoms with van der Waals surface area (Å²) in [5, 5.41) is 3.19. The molecule has 26 heavy (non-hydrogen) atoms. The molecule has 2 amide bonds. The van der Waals surface area contributed by atoms with Crippen LogP contribution in [0.25, 0.3) is 0 Å². The van der Waals surface area contributed by atoms with Crippen LogP contribution in [-0.4, -0.2) is 35.3 Å². The summed E-state index contributed by atoms with van der Waals surface area (Å²) >= 11 is 0. The van der Waals surface area contributed by atoms with Gasteiger partial charge >= 0.3 is 0 Å². The van der Waals surface area contributed by atoms with E-state index in [1.165, 1.54) is 24.8 Å². The predicted octanol–water partition coefficient (Wildman–Crippen LogP) is 4.04. The minimum atomic E-state index is -0.313. The van der Waals surface area contributed by atoms with Gasteiger partial charge in [-0.25, -0.2) is 0 Å². The largest absolute Gasteiger partial charge is 0.352 e. The quantitative estimate of drug-likeness (QED) is 0.889. The Morgan fingerprint density at radius 3 is 2.23 bits per heavy atom. The zero-order valence-electron chi connectivity index (χ0n) is 16.4. The first-order valence-electron chi connectivity index (χ1n) is 10.1. The minimum absolute atomic E-state index is 0.0215. The third-order valence-electron chi connectivity index (χ3n) is 5.77. The van der Waals surface area contributed by atoms with Gasteiger partial charge in [-0.1, -0.05) is 52.2 Å². The second kappa shape index (κ2) is 7.81. The van der Waals surface area contributed by atoms with Gasteiger partial charge in [0.05, 0.1) is 0 Å². The lowest BCUT2D eigenvalue weighted by Gasteiger charge is -2.28. The molecule has 0 spiro atoms. The molecular weight excluding hydrogens is 324 g/mol. The fourth-order valence-corrected chi connectivity index (χ4v) is 4.11. The summed E-state index contributed by atoms with van der Waals surface area (Å²) in [5.74, 6) is 0.0146. The summed E-state index contributed by atoms with van der Waals surface area (Å²) in [7, 11) is 0. The average molecular weight is 357 g/mol. The summed E-state index contributed by atoms with van der Waals surface area (Å²) in [6.45, 7) is 7.16. The number of likely N-dealkylation sites (tertiary alicyclic amines) is 1. The zero-order valence-corrected chi connectivity index (χ0v) is 16.4. The molecule has 1 saturated carbocycles. The summed E-state index contributed by atoms with van der Waals surface area (Å²) in [6.07, 6.45) is 7.46. The lowest BCUT2D eigenvalue weighted by Crippen LogP contribution is -2.49. The zero-order chi connectivity index (χ0) is 18.7. The number of nitrogens with zero attached hydrogens (tertiary/aromatic N) is 1. The Labute approximate surface area is 157 Å². The number of carbonyl (C=O) groups excluding carboxylic acids is 2. The number of hydrogen-bond donors (Lipinski definition) is 1. The van der Waals surface area contributed by atoms with E-state index in [2.05, 4.69) is 26.1 Å². The van der Waals surface area contributed by atoms with Gasteiger partial charge in [0, 0.05) is 18.2 Å². The third-order valence-corrected chi connectivity index (χ3v) is 5.77. The molecule has 1 saturated heterocycles. The van der Waals surface area contributed by atoms with Gasteiger partial charge in [-0.15, -0.1) is 0 Å². The van der Waals surface area contributed by atoms with E-state index in [9.17, 15) is 9.59 Å². The standard InChI is InChI=1S/C22H32N2O2/c1-22(2,3)17-13-11-16(12-14-17)21(26)24-15-7-10-19(24)20(25)23-18-8-5-4-6-9-18/h11-14,18-19H,4-10,15H2,1-3H3,(H,23,25)/t19-/m0/s1. The van der Waals surface area contributed by atoms with E-state index < -0.39 is 0 Å². The highest BCUT2D eigenvalue weighted by molar-refractivity contribution is 5.98. The van der Waals surface area contributed by atoms with Crippen molar-refractivity contribution in [1.29, 1.82) is 0 Å². The monoisotopic (exact) mass is 356 g/mol. The molecule has 1 atom stereocenters. The average Bonchev–Trinajstić information content (AvgIpc) is 3.11. The maximum Gasteiger partial charge on any atom is 0.254 e. The van der Waals surface area contributed by atoms with E-state index in [4.69, 9.17) is 0 Å². The predicted molar refractivity (Wildman–Crippen MR) is 104 cm³/mol. The van der Waals surface area contributed by atoms with E-state index in [1.807, 2.05) is 24.3 Å². The topological polar surface area (TPSA) is 49.4 Å². The van der Waals surface area contributed by atoms with E-state index in [0.29, 0.717) is 18.2 Å². The molecule has 1 aromatic rings. The number of rotatable bonds is 3. The first-order chi connectivity index (χ1) is 12.4. The maximum absolute atomic E-state index is 13.0. The van der Waals surface area contributed by atoms with Gasteiger partial charge in [0.15, 0.2) is 0 Å². The number of amides is 2. The van der Waals surface area contributed by atoms with Crippen LogP contribution in [0.15, 0.2) is 24.3 Å². The van der Waals surface area contributed by atoms with Crippen molar-refractivity contribution in [2.75, 3.05) is 6.54 Å². The van der Waals surface area contributed by atoms with E-state index >= 15 is 0 Å².